The van der Waals surface area contributed by atoms with Gasteiger partial charge in [-0.3, -0.25) is 9.59 Å². The molecule has 0 fully saturated rings. The number of amides is 4. The minimum absolute atomic E-state index is 0.142. The maximum Gasteiger partial charge on any atom is 0.316 e. The summed E-state index contributed by atoms with van der Waals surface area (Å²) in [5.74, 6) is -0.696. The van der Waals surface area contributed by atoms with E-state index in [9.17, 15) is 14.4 Å². The Morgan fingerprint density at radius 1 is 1.04 bits per heavy atom. The molecule has 2 aromatic carbocycles. The third kappa shape index (κ3) is 6.14. The SMILES string of the molecule is CCCN(CC(=O)Nc1cc(Cl)ccc1Cl)C(=O)c1ccc(NC(N)=O)cc1. The third-order valence-corrected chi connectivity index (χ3v) is 4.28. The number of carbonyl (C=O) groups excluding carboxylic acids is 3. The molecule has 28 heavy (non-hydrogen) atoms. The number of nitrogens with one attached hydrogen (secondary N) is 2. The summed E-state index contributed by atoms with van der Waals surface area (Å²) in [6.45, 7) is 2.17. The first kappa shape index (κ1) is 21.5. The molecule has 0 aliphatic heterocycles. The number of hydrogen-bond donors (Lipinski definition) is 3. The lowest BCUT2D eigenvalue weighted by Crippen LogP contribution is -2.38. The summed E-state index contributed by atoms with van der Waals surface area (Å²) in [4.78, 5) is 37.5. The molecular weight excluding hydrogens is 403 g/mol. The van der Waals surface area contributed by atoms with Crippen molar-refractivity contribution in [2.45, 2.75) is 13.3 Å². The van der Waals surface area contributed by atoms with Crippen LogP contribution in [0.5, 0.6) is 0 Å². The highest BCUT2D eigenvalue weighted by atomic mass is 35.5. The molecule has 4 amide bonds. The van der Waals surface area contributed by atoms with Crippen LogP contribution in [0.15, 0.2) is 42.5 Å². The first-order valence-corrected chi connectivity index (χ1v) is 9.26. The number of rotatable bonds is 7. The highest BCUT2D eigenvalue weighted by molar-refractivity contribution is 6.35. The van der Waals surface area contributed by atoms with Crippen LogP contribution in [0.4, 0.5) is 16.2 Å². The molecule has 0 aromatic heterocycles. The summed E-state index contributed by atoms with van der Waals surface area (Å²) in [7, 11) is 0. The maximum absolute atomic E-state index is 12.8. The highest BCUT2D eigenvalue weighted by Gasteiger charge is 2.19. The fourth-order valence-corrected chi connectivity index (χ4v) is 2.84. The van der Waals surface area contributed by atoms with Gasteiger partial charge in [-0.2, -0.15) is 0 Å². The number of nitrogens with zero attached hydrogens (tertiary/aromatic N) is 1. The van der Waals surface area contributed by atoms with Gasteiger partial charge in [0.05, 0.1) is 10.7 Å². The largest absolute Gasteiger partial charge is 0.351 e. The number of nitrogens with two attached hydrogens (primary N) is 1. The molecule has 0 atom stereocenters. The summed E-state index contributed by atoms with van der Waals surface area (Å²) in [6, 6.07) is 10.3. The molecule has 0 saturated carbocycles. The molecule has 0 heterocycles. The third-order valence-electron chi connectivity index (χ3n) is 3.72. The van der Waals surface area contributed by atoms with Crippen LogP contribution in [0.1, 0.15) is 23.7 Å². The Hall–Kier alpha value is -2.77. The van der Waals surface area contributed by atoms with E-state index < -0.39 is 11.9 Å². The van der Waals surface area contributed by atoms with Crippen molar-refractivity contribution in [1.82, 2.24) is 4.90 Å². The van der Waals surface area contributed by atoms with Crippen molar-refractivity contribution >= 4 is 52.4 Å². The highest BCUT2D eigenvalue weighted by Crippen LogP contribution is 2.25. The van der Waals surface area contributed by atoms with Crippen LogP contribution in [0.25, 0.3) is 0 Å². The molecule has 4 N–H and O–H groups in total. The molecule has 7 nitrogen and oxygen atoms in total. The van der Waals surface area contributed by atoms with E-state index in [0.717, 1.165) is 0 Å². The Morgan fingerprint density at radius 2 is 1.71 bits per heavy atom. The van der Waals surface area contributed by atoms with Crippen LogP contribution >= 0.6 is 23.2 Å². The van der Waals surface area contributed by atoms with Crippen LogP contribution < -0.4 is 16.4 Å². The summed E-state index contributed by atoms with van der Waals surface area (Å²) in [5.41, 5.74) is 6.30. The van der Waals surface area contributed by atoms with Gasteiger partial charge < -0.3 is 21.3 Å². The van der Waals surface area contributed by atoms with Gasteiger partial charge in [0.15, 0.2) is 0 Å². The summed E-state index contributed by atoms with van der Waals surface area (Å²) >= 11 is 12.0. The summed E-state index contributed by atoms with van der Waals surface area (Å²) < 4.78 is 0. The zero-order chi connectivity index (χ0) is 20.7. The minimum Gasteiger partial charge on any atom is -0.351 e. The second kappa shape index (κ2) is 9.96. The molecular formula is C19H20Cl2N4O3. The van der Waals surface area contributed by atoms with Gasteiger partial charge in [0.25, 0.3) is 5.91 Å². The van der Waals surface area contributed by atoms with Crippen molar-refractivity contribution in [3.63, 3.8) is 0 Å². The van der Waals surface area contributed by atoms with E-state index in [0.29, 0.717) is 39.9 Å². The lowest BCUT2D eigenvalue weighted by Gasteiger charge is -2.22. The van der Waals surface area contributed by atoms with Gasteiger partial charge in [-0.1, -0.05) is 30.1 Å². The van der Waals surface area contributed by atoms with E-state index in [1.165, 1.54) is 11.0 Å². The Morgan fingerprint density at radius 3 is 2.32 bits per heavy atom. The van der Waals surface area contributed by atoms with Gasteiger partial charge in [0.2, 0.25) is 5.91 Å². The van der Waals surface area contributed by atoms with Gasteiger partial charge in [0, 0.05) is 22.8 Å². The summed E-state index contributed by atoms with van der Waals surface area (Å²) in [6.07, 6.45) is 0.679. The molecule has 0 radical (unpaired) electrons. The summed E-state index contributed by atoms with van der Waals surface area (Å²) in [5, 5.41) is 5.87. The van der Waals surface area contributed by atoms with Crippen molar-refractivity contribution in [1.29, 1.82) is 0 Å². The van der Waals surface area contributed by atoms with Crippen LogP contribution in [-0.4, -0.2) is 35.8 Å². The van der Waals surface area contributed by atoms with E-state index in [1.54, 1.807) is 36.4 Å². The molecule has 0 aliphatic rings. The van der Waals surface area contributed by atoms with E-state index in [2.05, 4.69) is 10.6 Å². The first-order valence-electron chi connectivity index (χ1n) is 8.51. The molecule has 148 valence electrons. The second-order valence-electron chi connectivity index (χ2n) is 5.97. The molecule has 0 spiro atoms. The minimum atomic E-state index is -0.692. The van der Waals surface area contributed by atoms with E-state index in [-0.39, 0.29) is 12.5 Å². The fourth-order valence-electron chi connectivity index (χ4n) is 2.50. The van der Waals surface area contributed by atoms with Gasteiger partial charge in [-0.25, -0.2) is 4.79 Å². The lowest BCUT2D eigenvalue weighted by atomic mass is 10.1. The second-order valence-corrected chi connectivity index (χ2v) is 6.81. The van der Waals surface area contributed by atoms with Gasteiger partial charge in [-0.15, -0.1) is 0 Å². The van der Waals surface area contributed by atoms with E-state index in [1.807, 2.05) is 6.92 Å². The average Bonchev–Trinajstić information content (AvgIpc) is 2.64. The molecule has 2 rings (SSSR count). The zero-order valence-corrected chi connectivity index (χ0v) is 16.7. The van der Waals surface area contributed by atoms with Gasteiger partial charge >= 0.3 is 6.03 Å². The zero-order valence-electron chi connectivity index (χ0n) is 15.2. The molecule has 0 saturated heterocycles. The standard InChI is InChI=1S/C19H20Cl2N4O3/c1-2-9-25(11-17(26)24-16-10-13(20)5-8-15(16)21)18(27)12-3-6-14(7-4-12)23-19(22)28/h3-8,10H,2,9,11H2,1H3,(H,24,26)(H3,22,23,28). The normalized spacial score (nSPS) is 10.2. The number of carbonyl (C=O) groups is 3. The van der Waals surface area contributed by atoms with Gasteiger partial charge in [0.1, 0.15) is 6.54 Å². The van der Waals surface area contributed by atoms with Crippen molar-refractivity contribution in [3.8, 4) is 0 Å². The Labute approximate surface area is 172 Å². The van der Waals surface area contributed by atoms with Crippen LogP contribution in [-0.2, 0) is 4.79 Å². The molecule has 2 aromatic rings. The predicted molar refractivity (Wildman–Crippen MR) is 111 cm³/mol. The average molecular weight is 423 g/mol. The smallest absolute Gasteiger partial charge is 0.316 e. The van der Waals surface area contributed by atoms with Crippen molar-refractivity contribution in [2.75, 3.05) is 23.7 Å². The van der Waals surface area contributed by atoms with Crippen LogP contribution in [0.2, 0.25) is 10.0 Å². The number of halogens is 2. The molecule has 0 unspecified atom stereocenters. The van der Waals surface area contributed by atoms with E-state index >= 15 is 0 Å². The van der Waals surface area contributed by atoms with Crippen molar-refractivity contribution in [2.24, 2.45) is 5.73 Å². The van der Waals surface area contributed by atoms with Crippen LogP contribution in [0.3, 0.4) is 0 Å². The quantitative estimate of drug-likeness (QED) is 0.628. The van der Waals surface area contributed by atoms with Gasteiger partial charge in [-0.05, 0) is 48.9 Å². The fraction of sp³-hybridized carbons (Fsp3) is 0.211. The van der Waals surface area contributed by atoms with Crippen LogP contribution in [0, 0.1) is 0 Å². The number of hydrogen-bond acceptors (Lipinski definition) is 3. The van der Waals surface area contributed by atoms with Crippen molar-refractivity contribution < 1.29 is 14.4 Å². The maximum atomic E-state index is 12.8. The molecule has 9 heteroatoms. The molecule has 0 bridgehead atoms. The first-order chi connectivity index (χ1) is 13.3. The lowest BCUT2D eigenvalue weighted by molar-refractivity contribution is -0.116. The Bertz CT molecular complexity index is 872. The number of primary amides is 1. The number of benzene rings is 2. The number of anilines is 2. The monoisotopic (exact) mass is 422 g/mol. The van der Waals surface area contributed by atoms with Crippen molar-refractivity contribution in [3.05, 3.63) is 58.1 Å². The van der Waals surface area contributed by atoms with E-state index in [4.69, 9.17) is 28.9 Å². The predicted octanol–water partition coefficient (Wildman–Crippen LogP) is 3.97. The number of urea groups is 1. The Balaban J connectivity index is 2.08. The Kier molecular flexibility index (Phi) is 7.66. The molecule has 0 aliphatic carbocycles. The topological polar surface area (TPSA) is 105 Å².